The van der Waals surface area contributed by atoms with Crippen LogP contribution in [0.4, 0.5) is 0 Å². The number of nitrogens with zero attached hydrogens (tertiary/aromatic N) is 4. The molecule has 3 rings (SSSR count). The van der Waals surface area contributed by atoms with E-state index < -0.39 is 0 Å². The van der Waals surface area contributed by atoms with Crippen molar-refractivity contribution in [2.75, 3.05) is 19.8 Å². The molecule has 2 aromatic rings. The molecule has 0 fully saturated rings. The summed E-state index contributed by atoms with van der Waals surface area (Å²) < 4.78 is 7.76. The molecule has 1 atom stereocenters. The Morgan fingerprint density at radius 3 is 3.19 bits per heavy atom. The summed E-state index contributed by atoms with van der Waals surface area (Å²) in [6.45, 7) is 8.75. The maximum absolute atomic E-state index is 5.65. The highest BCUT2D eigenvalue weighted by Gasteiger charge is 2.23. The van der Waals surface area contributed by atoms with Crippen molar-refractivity contribution < 1.29 is 4.74 Å². The van der Waals surface area contributed by atoms with Crippen molar-refractivity contribution in [3.63, 3.8) is 0 Å². The van der Waals surface area contributed by atoms with E-state index in [-0.39, 0.29) is 0 Å². The van der Waals surface area contributed by atoms with Crippen molar-refractivity contribution in [1.29, 1.82) is 0 Å². The normalized spacial score (nSPS) is 19.1. The molecule has 6 heteroatoms. The van der Waals surface area contributed by atoms with Gasteiger partial charge in [-0.2, -0.15) is 5.10 Å². The van der Waals surface area contributed by atoms with Gasteiger partial charge >= 0.3 is 0 Å². The summed E-state index contributed by atoms with van der Waals surface area (Å²) in [6.07, 6.45) is 5.54. The molecule has 0 radical (unpaired) electrons. The van der Waals surface area contributed by atoms with Gasteiger partial charge in [0.15, 0.2) is 0 Å². The molecule has 21 heavy (non-hydrogen) atoms. The molecular weight excluding hydrogens is 284 g/mol. The predicted octanol–water partition coefficient (Wildman–Crippen LogP) is 2.17. The van der Waals surface area contributed by atoms with E-state index in [1.807, 2.05) is 17.8 Å². The third-order valence-corrected chi connectivity index (χ3v) is 4.33. The van der Waals surface area contributed by atoms with Gasteiger partial charge in [0.05, 0.1) is 25.5 Å². The van der Waals surface area contributed by atoms with E-state index in [4.69, 9.17) is 4.74 Å². The Balaban J connectivity index is 1.69. The minimum atomic E-state index is 0.436. The lowest BCUT2D eigenvalue weighted by Gasteiger charge is -2.22. The van der Waals surface area contributed by atoms with Gasteiger partial charge in [-0.3, -0.25) is 9.58 Å². The number of ether oxygens (including phenoxy) is 1. The van der Waals surface area contributed by atoms with Crippen LogP contribution >= 0.6 is 11.3 Å². The number of rotatable bonds is 6. The molecule has 0 saturated heterocycles. The summed E-state index contributed by atoms with van der Waals surface area (Å²) in [7, 11) is 0. The van der Waals surface area contributed by atoms with Gasteiger partial charge in [-0.05, 0) is 6.07 Å². The molecule has 0 bridgehead atoms. The molecule has 2 aromatic heterocycles. The average molecular weight is 304 g/mol. The van der Waals surface area contributed by atoms with Crippen LogP contribution in [0.2, 0.25) is 0 Å². The number of aromatic nitrogens is 3. The second-order valence-electron chi connectivity index (χ2n) is 5.29. The van der Waals surface area contributed by atoms with Crippen molar-refractivity contribution in [1.82, 2.24) is 19.7 Å². The van der Waals surface area contributed by atoms with Crippen LogP contribution in [0, 0.1) is 5.92 Å². The van der Waals surface area contributed by atoms with Crippen LogP contribution in [-0.4, -0.2) is 39.4 Å². The Kier molecular flexibility index (Phi) is 4.80. The second-order valence-corrected chi connectivity index (χ2v) is 6.27. The van der Waals surface area contributed by atoms with Crippen LogP contribution in [0.5, 0.6) is 0 Å². The lowest BCUT2D eigenvalue weighted by Crippen LogP contribution is -2.30. The van der Waals surface area contributed by atoms with Gasteiger partial charge < -0.3 is 4.74 Å². The third kappa shape index (κ3) is 3.78. The van der Waals surface area contributed by atoms with Crippen LogP contribution in [0.25, 0.3) is 0 Å². The van der Waals surface area contributed by atoms with E-state index in [1.54, 1.807) is 17.4 Å². The average Bonchev–Trinajstić information content (AvgIpc) is 3.09. The largest absolute Gasteiger partial charge is 0.377 e. The third-order valence-electron chi connectivity index (χ3n) is 3.57. The van der Waals surface area contributed by atoms with E-state index in [2.05, 4.69) is 32.3 Å². The van der Waals surface area contributed by atoms with Crippen LogP contribution < -0.4 is 0 Å². The molecule has 0 spiro atoms. The smallest absolute Gasteiger partial charge is 0.107 e. The zero-order chi connectivity index (χ0) is 14.5. The first-order valence-electron chi connectivity index (χ1n) is 7.15. The fraction of sp³-hybridized carbons (Fsp3) is 0.467. The van der Waals surface area contributed by atoms with Gasteiger partial charge in [0.25, 0.3) is 0 Å². The highest BCUT2D eigenvalue weighted by atomic mass is 32.1. The fourth-order valence-corrected chi connectivity index (χ4v) is 3.34. The molecule has 0 aromatic carbocycles. The summed E-state index contributed by atoms with van der Waals surface area (Å²) >= 11 is 1.71. The van der Waals surface area contributed by atoms with Crippen molar-refractivity contribution in [3.05, 3.63) is 47.2 Å². The molecule has 0 saturated carbocycles. The Morgan fingerprint density at radius 2 is 2.38 bits per heavy atom. The maximum Gasteiger partial charge on any atom is 0.107 e. The van der Waals surface area contributed by atoms with Gasteiger partial charge in [0.1, 0.15) is 5.01 Å². The summed E-state index contributed by atoms with van der Waals surface area (Å²) in [5, 5.41) is 7.62. The van der Waals surface area contributed by atoms with E-state index >= 15 is 0 Å². The molecule has 0 amide bonds. The first-order chi connectivity index (χ1) is 10.3. The summed E-state index contributed by atoms with van der Waals surface area (Å²) in [4.78, 5) is 6.83. The van der Waals surface area contributed by atoms with E-state index in [0.717, 1.165) is 37.8 Å². The standard InChI is InChI=1S/C15H20N4OS/c1-2-6-20-12-13-8-18(11-15-16-5-7-21-15)10-14-3-4-17-19(14)9-13/h2-5,7,13H,1,6,8-12H2. The molecule has 0 aliphatic carbocycles. The SMILES string of the molecule is C=CCOCC1CN(Cc2nccs2)Cc2ccnn2C1. The summed E-state index contributed by atoms with van der Waals surface area (Å²) in [6, 6.07) is 2.10. The quantitative estimate of drug-likeness (QED) is 0.606. The maximum atomic E-state index is 5.65. The van der Waals surface area contributed by atoms with Crippen molar-refractivity contribution >= 4 is 11.3 Å². The molecule has 1 aliphatic rings. The molecule has 1 aliphatic heterocycles. The molecule has 112 valence electrons. The molecular formula is C15H20N4OS. The van der Waals surface area contributed by atoms with Gasteiger partial charge in [-0.25, -0.2) is 4.98 Å². The second kappa shape index (κ2) is 6.98. The van der Waals surface area contributed by atoms with Gasteiger partial charge in [0.2, 0.25) is 0 Å². The zero-order valence-electron chi connectivity index (χ0n) is 12.0. The van der Waals surface area contributed by atoms with Crippen molar-refractivity contribution in [2.24, 2.45) is 5.92 Å². The summed E-state index contributed by atoms with van der Waals surface area (Å²) in [5.74, 6) is 0.436. The lowest BCUT2D eigenvalue weighted by molar-refractivity contribution is 0.0932. The van der Waals surface area contributed by atoms with Crippen molar-refractivity contribution in [3.8, 4) is 0 Å². The van der Waals surface area contributed by atoms with Gasteiger partial charge in [-0.1, -0.05) is 6.08 Å². The van der Waals surface area contributed by atoms with E-state index in [1.165, 1.54) is 5.69 Å². The molecule has 3 heterocycles. The van der Waals surface area contributed by atoms with Crippen LogP contribution in [0.3, 0.4) is 0 Å². The van der Waals surface area contributed by atoms with Gasteiger partial charge in [-0.15, -0.1) is 17.9 Å². The van der Waals surface area contributed by atoms with Crippen LogP contribution in [0.15, 0.2) is 36.5 Å². The molecule has 1 unspecified atom stereocenters. The minimum absolute atomic E-state index is 0.436. The van der Waals surface area contributed by atoms with E-state index in [9.17, 15) is 0 Å². The zero-order valence-corrected chi connectivity index (χ0v) is 12.8. The Labute approximate surface area is 128 Å². The molecule has 0 N–H and O–H groups in total. The topological polar surface area (TPSA) is 43.2 Å². The highest BCUT2D eigenvalue weighted by Crippen LogP contribution is 2.19. The van der Waals surface area contributed by atoms with Crippen molar-refractivity contribution in [2.45, 2.75) is 19.6 Å². The first kappa shape index (κ1) is 14.4. The summed E-state index contributed by atoms with van der Waals surface area (Å²) in [5.41, 5.74) is 1.26. The Bertz CT molecular complexity index is 566. The fourth-order valence-electron chi connectivity index (χ4n) is 2.69. The number of hydrogen-bond acceptors (Lipinski definition) is 5. The van der Waals surface area contributed by atoms with Gasteiger partial charge in [0, 0.05) is 43.3 Å². The van der Waals surface area contributed by atoms with Crippen LogP contribution in [0.1, 0.15) is 10.7 Å². The number of fused-ring (bicyclic) bond motifs is 1. The van der Waals surface area contributed by atoms with E-state index in [0.29, 0.717) is 12.5 Å². The number of hydrogen-bond donors (Lipinski definition) is 0. The predicted molar refractivity (Wildman–Crippen MR) is 83.0 cm³/mol. The number of thiazole rings is 1. The first-order valence-corrected chi connectivity index (χ1v) is 8.03. The lowest BCUT2D eigenvalue weighted by atomic mass is 10.1. The Hall–Kier alpha value is -1.50. The van der Waals surface area contributed by atoms with Crippen LogP contribution in [-0.2, 0) is 24.4 Å². The minimum Gasteiger partial charge on any atom is -0.377 e. The Morgan fingerprint density at radius 1 is 1.43 bits per heavy atom. The monoisotopic (exact) mass is 304 g/mol. The molecule has 5 nitrogen and oxygen atoms in total. The highest BCUT2D eigenvalue weighted by molar-refractivity contribution is 7.09.